The molecule has 0 saturated heterocycles. The van der Waals surface area contributed by atoms with Crippen LogP contribution >= 0.6 is 11.6 Å². The molecule has 368 valence electrons. The average Bonchev–Trinajstić information content (AvgIpc) is 3.16. The van der Waals surface area contributed by atoms with Gasteiger partial charge in [-0.15, -0.1) is 47.6 Å². The zero-order chi connectivity index (χ0) is 52.5. The number of halogens is 1. The number of fused-ring (bicyclic) bond motifs is 2. The van der Waals surface area contributed by atoms with Gasteiger partial charge in [0, 0.05) is 54.8 Å². The summed E-state index contributed by atoms with van der Waals surface area (Å²) in [6, 6.07) is 12.7. The average molecular weight is 1220 g/mol. The number of nitrogens with zero attached hydrogens (tertiary/aromatic N) is 6. The van der Waals surface area contributed by atoms with Gasteiger partial charge in [0.2, 0.25) is 5.91 Å². The quantitative estimate of drug-likeness (QED) is 0.0141. The van der Waals surface area contributed by atoms with Gasteiger partial charge in [-0.2, -0.15) is 36.4 Å². The van der Waals surface area contributed by atoms with Crippen molar-refractivity contribution in [2.75, 3.05) is 30.0 Å². The number of aliphatic carboxylic acids is 2. The fourth-order valence-electron chi connectivity index (χ4n) is 4.09. The Hall–Kier alpha value is -0.600. The molecular formula is C29H25ClN8Na6O23S6. The summed E-state index contributed by atoms with van der Waals surface area (Å²) in [6.45, 7) is -0.117. The van der Waals surface area contributed by atoms with E-state index in [1.54, 1.807) is 0 Å². The summed E-state index contributed by atoms with van der Waals surface area (Å²) in [4.78, 5) is 32.4. The fourth-order valence-corrected chi connectivity index (χ4v) is 6.97. The predicted molar refractivity (Wildman–Crippen MR) is 218 cm³/mol. The van der Waals surface area contributed by atoms with E-state index in [9.17, 15) is 66.3 Å². The van der Waals surface area contributed by atoms with E-state index in [0.717, 1.165) is 18.2 Å². The number of benzene rings is 4. The van der Waals surface area contributed by atoms with Crippen LogP contribution in [0.3, 0.4) is 0 Å². The number of nitrogens with one attached hydrogen (secondary N) is 1. The minimum absolute atomic E-state index is 0. The van der Waals surface area contributed by atoms with E-state index in [4.69, 9.17) is 63.9 Å². The van der Waals surface area contributed by atoms with Crippen LogP contribution in [0.1, 0.15) is 19.3 Å². The maximum Gasteiger partial charge on any atom is 1.00 e. The van der Waals surface area contributed by atoms with E-state index in [1.165, 1.54) is 18.2 Å². The zero-order valence-corrected chi connectivity index (χ0v) is 56.1. The molecule has 0 aromatic heterocycles. The van der Waals surface area contributed by atoms with Crippen LogP contribution in [-0.2, 0) is 76.1 Å². The summed E-state index contributed by atoms with van der Waals surface area (Å²) >= 11 is 5.02. The molecule has 0 radical (unpaired) electrons. The number of anilines is 2. The molecule has 0 aliphatic heterocycles. The number of hydrogen-bond acceptors (Lipinski definition) is 24. The minimum atomic E-state index is -5.18. The van der Waals surface area contributed by atoms with Gasteiger partial charge in [0.05, 0.1) is 12.8 Å². The number of carboxylic acid groups (broad SMARTS) is 2. The van der Waals surface area contributed by atoms with Crippen LogP contribution in [0.25, 0.3) is 42.4 Å². The molecule has 0 unspecified atom stereocenters. The summed E-state index contributed by atoms with van der Waals surface area (Å²) in [6.07, 6.45) is -0.251. The first-order chi connectivity index (χ1) is 30.6. The van der Waals surface area contributed by atoms with Gasteiger partial charge < -0.3 is 39.5 Å². The molecule has 0 atom stereocenters. The van der Waals surface area contributed by atoms with Gasteiger partial charge in [-0.05, 0) is 23.2 Å². The van der Waals surface area contributed by atoms with Crippen molar-refractivity contribution < 1.29 is 279 Å². The van der Waals surface area contributed by atoms with Gasteiger partial charge in [0.15, 0.2) is 0 Å². The van der Waals surface area contributed by atoms with Crippen molar-refractivity contribution in [3.8, 4) is 0 Å². The number of carbonyl (C=O) groups is 3. The third-order valence-electron chi connectivity index (χ3n) is 6.40. The molecule has 0 aliphatic rings. The molecular weight excluding hydrogens is 1190 g/mol. The topological polar surface area (TPSA) is 558 Å². The number of carboxylic acids is 2. The molecule has 4 aromatic carbocycles. The standard InChI is InChI=1S/C13H11N4O7S2.C10H8NO6S2.C3H5ClO2.C3H5N3O2.6Na.2O3S/c14-17-15-5-4-12(18)16-10-3-1-2-8-6-9(25(19,20)21)7-11(13(8)10)26(22,23)24;11-8-3-1-2-6-4-7(18(12,13)14)5-9(10(6)8)19(15,16)17;4-2-1-3(5)6;4-6-5-2-1-3(7)8;;;;;;;2*1-4(2)3/h2-3,6-7H,4-5H2,(H,16,18)(H,19,20,21)(H,22,23,24);2-5H,11H2,(H,12,13,14)(H,15,16,17);1-2H2,(H,5,6);1-2H2,(H,7,8);;;;;;;;/q2*-1;;;6*+1;;/p-4. The largest absolute Gasteiger partial charge is 1.00 e. The number of rotatable bonds is 13. The van der Waals surface area contributed by atoms with Crippen LogP contribution < -0.4 is 188 Å². The molecule has 31 nitrogen and oxygen atoms in total. The first-order valence-electron chi connectivity index (χ1n) is 16.0. The van der Waals surface area contributed by atoms with E-state index in [2.05, 4.69) is 37.5 Å². The van der Waals surface area contributed by atoms with Gasteiger partial charge in [-0.3, -0.25) is 14.4 Å². The summed E-state index contributed by atoms with van der Waals surface area (Å²) in [5.41, 5.74) is 21.2. The normalized spacial score (nSPS) is 9.66. The third-order valence-corrected chi connectivity index (χ3v) is 9.94. The van der Waals surface area contributed by atoms with Crippen molar-refractivity contribution >= 4 is 124 Å². The van der Waals surface area contributed by atoms with Gasteiger partial charge in [0.25, 0.3) is 0 Å². The predicted octanol–water partition coefficient (Wildman–Crippen LogP) is -17.4. The van der Waals surface area contributed by atoms with Crippen LogP contribution in [0.4, 0.5) is 11.4 Å². The zero-order valence-electron chi connectivity index (χ0n) is 38.4. The number of alkyl halides is 1. The third kappa shape index (κ3) is 40.3. The molecule has 73 heavy (non-hydrogen) atoms. The molecule has 0 heterocycles. The number of carbonyl (C=O) groups excluding carboxylic acids is 1. The molecule has 0 spiro atoms. The molecule has 44 heteroatoms. The Labute approximate surface area is 555 Å². The Bertz CT molecular complexity index is 3240. The Kier molecular flexibility index (Phi) is 54.0. The fraction of sp³-hybridized carbons (Fsp3) is 0.207. The molecule has 4 rings (SSSR count). The summed E-state index contributed by atoms with van der Waals surface area (Å²) in [5.74, 6) is -2.23. The van der Waals surface area contributed by atoms with Crippen LogP contribution in [0.5, 0.6) is 0 Å². The SMILES string of the molecule is Nc1c[c-]cc2cc(S(=O)(=O)[O-])cc(S(=O)(=O)[O-])c12.O=C(O)CCCl.O=S(=O)=O.O=S(=O)=O.[N-]=[N+]=NCCC(=O)Nc1c[c-]cc2cc(S(=O)(=O)[O-])cc(S(=O)(=O)[O-])c12.[N-]=[N+]=NCCC(=O)O.[Na+].[Na+].[Na+].[Na+].[Na+].[Na+]. The summed E-state index contributed by atoms with van der Waals surface area (Å²) in [7, 11) is -26.3. The Morgan fingerprint density at radius 2 is 0.945 bits per heavy atom. The van der Waals surface area contributed by atoms with Crippen molar-refractivity contribution in [2.24, 2.45) is 10.2 Å². The first kappa shape index (κ1) is 89.0. The Morgan fingerprint density at radius 1 is 0.603 bits per heavy atom. The van der Waals surface area contributed by atoms with Gasteiger partial charge in [-0.1, -0.05) is 44.5 Å². The number of azide groups is 2. The number of nitrogens with two attached hydrogens (primary N) is 1. The van der Waals surface area contributed by atoms with Crippen molar-refractivity contribution in [1.82, 2.24) is 0 Å². The number of nitrogen functional groups attached to an aromatic ring is 1. The van der Waals surface area contributed by atoms with Crippen LogP contribution in [0, 0.1) is 12.1 Å². The van der Waals surface area contributed by atoms with Crippen molar-refractivity contribution in [2.45, 2.75) is 38.8 Å². The monoisotopic (exact) mass is 1220 g/mol. The molecule has 0 saturated carbocycles. The van der Waals surface area contributed by atoms with Gasteiger partial charge >= 0.3 is 210 Å². The molecule has 0 aliphatic carbocycles. The van der Waals surface area contributed by atoms with Crippen LogP contribution in [0.2, 0.25) is 0 Å². The molecule has 1 amide bonds. The van der Waals surface area contributed by atoms with Gasteiger partial charge in [-0.25, -0.2) is 33.7 Å². The molecule has 5 N–H and O–H groups in total. The number of hydrogen-bond donors (Lipinski definition) is 4. The maximum absolute atomic E-state index is 11.8. The van der Waals surface area contributed by atoms with Crippen LogP contribution in [0.15, 0.2) is 78.3 Å². The molecule has 0 fully saturated rings. The Morgan fingerprint density at radius 3 is 1.26 bits per heavy atom. The first-order valence-corrected chi connectivity index (χ1v) is 24.2. The molecule has 0 bridgehead atoms. The van der Waals surface area contributed by atoms with Crippen molar-refractivity contribution in [1.29, 1.82) is 0 Å². The van der Waals surface area contributed by atoms with Crippen molar-refractivity contribution in [3.63, 3.8) is 0 Å². The minimum Gasteiger partial charge on any atom is -0.744 e. The molecule has 4 aromatic rings. The second kappa shape index (κ2) is 44.3. The second-order valence-corrected chi connectivity index (χ2v) is 17.6. The van der Waals surface area contributed by atoms with E-state index >= 15 is 0 Å². The van der Waals surface area contributed by atoms with E-state index < -0.39 is 99.1 Å². The van der Waals surface area contributed by atoms with E-state index in [-0.39, 0.29) is 248 Å². The second-order valence-electron chi connectivity index (χ2n) is 11.0. The summed E-state index contributed by atoms with van der Waals surface area (Å²) in [5, 5.41) is 23.9. The van der Waals surface area contributed by atoms with Crippen LogP contribution in [-0.4, -0.2) is 124 Å². The number of amides is 1. The van der Waals surface area contributed by atoms with E-state index in [0.29, 0.717) is 12.1 Å². The summed E-state index contributed by atoms with van der Waals surface area (Å²) < 4.78 is 185. The van der Waals surface area contributed by atoms with E-state index in [1.807, 2.05) is 0 Å². The van der Waals surface area contributed by atoms with Gasteiger partial charge in [0.1, 0.15) is 40.5 Å². The maximum atomic E-state index is 11.8. The Balaban J connectivity index is -0.000000132. The van der Waals surface area contributed by atoms with Crippen molar-refractivity contribution in [3.05, 3.63) is 81.5 Å². The smallest absolute Gasteiger partial charge is 0.744 e.